The summed E-state index contributed by atoms with van der Waals surface area (Å²) in [5.74, 6) is -4.44. The Kier molecular flexibility index (Phi) is 4.32. The van der Waals surface area contributed by atoms with E-state index < -0.39 is 42.0 Å². The Morgan fingerprint density at radius 2 is 1.96 bits per heavy atom. The second-order valence-electron chi connectivity index (χ2n) is 6.64. The molecule has 3 aliphatic heterocycles. The topological polar surface area (TPSA) is 104 Å². The number of hydrogen-bond acceptors (Lipinski definition) is 6. The van der Waals surface area contributed by atoms with Crippen molar-refractivity contribution in [2.75, 3.05) is 12.3 Å². The van der Waals surface area contributed by atoms with Crippen LogP contribution in [-0.4, -0.2) is 73.2 Å². The van der Waals surface area contributed by atoms with Gasteiger partial charge in [-0.3, -0.25) is 14.5 Å². The Morgan fingerprint density at radius 3 is 2.57 bits per heavy atom. The number of likely N-dealkylation sites (tertiary alicyclic amines) is 1. The molecular weight excluding hydrogens is 401 g/mol. The molecule has 8 nitrogen and oxygen atoms in total. The van der Waals surface area contributed by atoms with Crippen molar-refractivity contribution in [2.24, 2.45) is 5.92 Å². The average molecular weight is 414 g/mol. The number of amides is 2. The van der Waals surface area contributed by atoms with Crippen molar-refractivity contribution in [1.29, 1.82) is 0 Å². The maximum Gasteiger partial charge on any atom is 0.471 e. The van der Waals surface area contributed by atoms with Gasteiger partial charge in [0.1, 0.15) is 11.7 Å². The molecule has 3 atom stereocenters. The smallest absolute Gasteiger partial charge is 0.471 e. The van der Waals surface area contributed by atoms with Gasteiger partial charge in [0.05, 0.1) is 6.04 Å². The number of alkyl halides is 3. The molecule has 4 rings (SSSR count). The third-order valence-electron chi connectivity index (χ3n) is 5.07. The average Bonchev–Trinajstić information content (AvgIpc) is 3.00. The molecule has 12 heteroatoms. The van der Waals surface area contributed by atoms with Crippen LogP contribution in [-0.2, 0) is 14.4 Å². The van der Waals surface area contributed by atoms with E-state index in [9.17, 15) is 32.7 Å². The second-order valence-corrected chi connectivity index (χ2v) is 7.58. The summed E-state index contributed by atoms with van der Waals surface area (Å²) in [6.45, 7) is -0.237. The van der Waals surface area contributed by atoms with Crippen molar-refractivity contribution in [3.05, 3.63) is 29.7 Å². The zero-order valence-electron chi connectivity index (χ0n) is 14.1. The number of rotatable bonds is 4. The molecule has 2 fully saturated rings. The van der Waals surface area contributed by atoms with Crippen LogP contribution < -0.4 is 0 Å². The Morgan fingerprint density at radius 1 is 1.29 bits per heavy atom. The van der Waals surface area contributed by atoms with Gasteiger partial charge in [-0.15, -0.1) is 0 Å². The Hall–Kier alpha value is -2.63. The van der Waals surface area contributed by atoms with Crippen molar-refractivity contribution in [1.82, 2.24) is 19.8 Å². The molecule has 4 heterocycles. The highest BCUT2D eigenvalue weighted by Crippen LogP contribution is 2.48. The number of halogens is 3. The predicted octanol–water partition coefficient (Wildman–Crippen LogP) is 0.911. The molecule has 3 aliphatic rings. The minimum absolute atomic E-state index is 0.177. The lowest BCUT2D eigenvalue weighted by Gasteiger charge is -2.49. The number of carboxylic acid groups (broad SMARTS) is 1. The Bertz CT molecular complexity index is 892. The van der Waals surface area contributed by atoms with Crippen LogP contribution in [0.25, 0.3) is 0 Å². The lowest BCUT2D eigenvalue weighted by molar-refractivity contribution is -0.190. The Balaban J connectivity index is 1.60. The first kappa shape index (κ1) is 18.7. The zero-order chi connectivity index (χ0) is 20.2. The number of β-lactam (4-membered cyclic amide) rings is 1. The number of nitrogens with zero attached hydrogens (tertiary/aromatic N) is 4. The molecule has 148 valence electrons. The fourth-order valence-corrected chi connectivity index (χ4v) is 4.88. The third-order valence-corrected chi connectivity index (χ3v) is 6.03. The van der Waals surface area contributed by atoms with Crippen LogP contribution in [0.1, 0.15) is 6.42 Å². The van der Waals surface area contributed by atoms with Gasteiger partial charge in [-0.05, 0) is 18.1 Å². The van der Waals surface area contributed by atoms with E-state index in [1.807, 2.05) is 0 Å². The summed E-state index contributed by atoms with van der Waals surface area (Å²) in [6, 6.07) is -0.354. The van der Waals surface area contributed by atoms with Gasteiger partial charge in [0.2, 0.25) is 0 Å². The fraction of sp³-hybridized carbons (Fsp3) is 0.438. The van der Waals surface area contributed by atoms with E-state index in [-0.39, 0.29) is 24.4 Å². The first-order chi connectivity index (χ1) is 13.2. The molecule has 0 bridgehead atoms. The molecule has 1 N–H and O–H groups in total. The normalized spacial score (nSPS) is 26.2. The molecule has 1 aromatic rings. The number of carbonyl (C=O) groups excluding carboxylic acids is 2. The summed E-state index contributed by atoms with van der Waals surface area (Å²) in [7, 11) is 0. The number of aliphatic carboxylic acids is 1. The monoisotopic (exact) mass is 414 g/mol. The second kappa shape index (κ2) is 6.47. The van der Waals surface area contributed by atoms with Crippen LogP contribution in [0, 0.1) is 5.92 Å². The van der Waals surface area contributed by atoms with Gasteiger partial charge >= 0.3 is 18.1 Å². The van der Waals surface area contributed by atoms with Gasteiger partial charge in [0, 0.05) is 30.6 Å². The molecule has 0 saturated carbocycles. The molecule has 0 spiro atoms. The van der Waals surface area contributed by atoms with Crippen molar-refractivity contribution in [3.8, 4) is 0 Å². The molecule has 0 aromatic carbocycles. The summed E-state index contributed by atoms with van der Waals surface area (Å²) in [4.78, 5) is 45.5. The summed E-state index contributed by atoms with van der Waals surface area (Å²) in [6.07, 6.45) is -1.84. The Labute approximate surface area is 160 Å². The van der Waals surface area contributed by atoms with Crippen molar-refractivity contribution in [2.45, 2.75) is 29.8 Å². The van der Waals surface area contributed by atoms with Crippen molar-refractivity contribution in [3.63, 3.8) is 0 Å². The molecule has 0 aliphatic carbocycles. The maximum absolute atomic E-state index is 12.8. The van der Waals surface area contributed by atoms with E-state index in [1.165, 1.54) is 24.2 Å². The first-order valence-electron chi connectivity index (χ1n) is 8.26. The van der Waals surface area contributed by atoms with Crippen LogP contribution in [0.5, 0.6) is 0 Å². The molecule has 2 amide bonds. The summed E-state index contributed by atoms with van der Waals surface area (Å²) >= 11 is 1.17. The van der Waals surface area contributed by atoms with E-state index in [4.69, 9.17) is 0 Å². The minimum Gasteiger partial charge on any atom is -0.477 e. The number of thioether (sulfide) groups is 1. The van der Waals surface area contributed by atoms with Crippen molar-refractivity contribution < 1.29 is 32.7 Å². The fourth-order valence-electron chi connectivity index (χ4n) is 4.05. The van der Waals surface area contributed by atoms with Gasteiger partial charge < -0.3 is 10.0 Å². The number of carbonyl (C=O) groups is 3. The first-order valence-corrected chi connectivity index (χ1v) is 9.24. The van der Waals surface area contributed by atoms with Gasteiger partial charge in [0.15, 0.2) is 5.16 Å². The van der Waals surface area contributed by atoms with Gasteiger partial charge in [0.25, 0.3) is 5.91 Å². The number of hydrogen-bond donors (Lipinski definition) is 1. The minimum atomic E-state index is -5.08. The SMILES string of the molecule is O=C(O)C1=C(CSc2ncccn2)C[C@@H]2CN(C(=O)C(F)(F)F)[C@@H]3C(=O)N1[C@H]23. The van der Waals surface area contributed by atoms with Crippen LogP contribution in [0.15, 0.2) is 34.9 Å². The number of carboxylic acids is 1. The quantitative estimate of drug-likeness (QED) is 0.444. The van der Waals surface area contributed by atoms with Gasteiger partial charge in [-0.1, -0.05) is 11.8 Å². The van der Waals surface area contributed by atoms with E-state index in [1.54, 1.807) is 6.07 Å². The summed E-state index contributed by atoms with van der Waals surface area (Å²) in [5.41, 5.74) is 0.201. The standard InChI is InChI=1S/C16H13F3N4O4S/c17-16(18,19)14(27)22-5-7-4-8(6-28-15-20-2-1-3-21-15)10(13(25)26)23-9(7)11(22)12(23)24/h1-3,7,9,11H,4-6H2,(H,25,26)/t7-,9-,11+/m1/s1. The van der Waals surface area contributed by atoms with Crippen LogP contribution in [0.3, 0.4) is 0 Å². The highest BCUT2D eigenvalue weighted by atomic mass is 32.2. The van der Waals surface area contributed by atoms with Gasteiger partial charge in [-0.25, -0.2) is 14.8 Å². The van der Waals surface area contributed by atoms with E-state index in [2.05, 4.69) is 9.97 Å². The van der Waals surface area contributed by atoms with Crippen LogP contribution >= 0.6 is 11.8 Å². The molecular formula is C16H13F3N4O4S. The molecule has 0 radical (unpaired) electrons. The van der Waals surface area contributed by atoms with Crippen LogP contribution in [0.4, 0.5) is 13.2 Å². The summed E-state index contributed by atoms with van der Waals surface area (Å²) in [5, 5.41) is 10.0. The van der Waals surface area contributed by atoms with E-state index in [0.717, 1.165) is 4.90 Å². The van der Waals surface area contributed by atoms with Crippen LogP contribution in [0.2, 0.25) is 0 Å². The summed E-state index contributed by atoms with van der Waals surface area (Å²) < 4.78 is 38.5. The number of aromatic nitrogens is 2. The molecule has 28 heavy (non-hydrogen) atoms. The lowest BCUT2D eigenvalue weighted by Crippen LogP contribution is -2.70. The predicted molar refractivity (Wildman–Crippen MR) is 87.7 cm³/mol. The van der Waals surface area contributed by atoms with E-state index >= 15 is 0 Å². The lowest BCUT2D eigenvalue weighted by atomic mass is 9.79. The third kappa shape index (κ3) is 2.82. The van der Waals surface area contributed by atoms with Gasteiger partial charge in [-0.2, -0.15) is 13.2 Å². The van der Waals surface area contributed by atoms with E-state index in [0.29, 0.717) is 15.6 Å². The largest absolute Gasteiger partial charge is 0.477 e. The highest BCUT2D eigenvalue weighted by Gasteiger charge is 2.66. The molecule has 2 saturated heterocycles. The highest BCUT2D eigenvalue weighted by molar-refractivity contribution is 7.99. The maximum atomic E-state index is 12.8. The molecule has 0 unspecified atom stereocenters. The van der Waals surface area contributed by atoms with Crippen molar-refractivity contribution >= 4 is 29.5 Å². The molecule has 1 aromatic heterocycles. The zero-order valence-corrected chi connectivity index (χ0v) is 14.9.